The van der Waals surface area contributed by atoms with E-state index in [4.69, 9.17) is 28.4 Å². The topological polar surface area (TPSA) is 55.4 Å². The minimum atomic E-state index is 0.643. The number of ether oxygens (including phenoxy) is 6. The molecule has 0 aliphatic carbocycles. The van der Waals surface area contributed by atoms with Crippen molar-refractivity contribution < 1.29 is 28.4 Å². The van der Waals surface area contributed by atoms with Crippen LogP contribution in [0.4, 0.5) is 0 Å². The van der Waals surface area contributed by atoms with Gasteiger partial charge in [0.05, 0.1) is 45.2 Å². The number of rotatable bonds is 54. The smallest absolute Gasteiger partial charge is 0.204 e. The van der Waals surface area contributed by atoms with Gasteiger partial charge in [0.15, 0.2) is 11.5 Å². The Morgan fingerprint density at radius 2 is 0.561 bits per heavy atom. The number of unbranched alkanes of at least 4 members (excludes halogenated alkanes) is 34. The van der Waals surface area contributed by atoms with Gasteiger partial charge in [0.2, 0.25) is 5.75 Å². The van der Waals surface area contributed by atoms with Gasteiger partial charge >= 0.3 is 0 Å². The molecule has 458 valence electrons. The standard InChI is InChI=1S/C75H115BrO6/c1-4-7-10-13-16-19-22-25-30-40-63-80-73-58-51-69(74(81-64-41-31-26-23-20-17-14-11-8-5-2)75(73)82-65-42-32-27-24-21-18-15-12-9-6-3)46-43-66-44-52-70(53-45-66)77-60-37-33-28-34-38-61-78-71-54-47-67(48-55-71)68-49-56-72(57-50-68)79-62-39-35-29-36-59-76/h44-45,47-58H,4-42,59-65H2,1-3H3. The lowest BCUT2D eigenvalue weighted by atomic mass is 10.1. The minimum Gasteiger partial charge on any atom is -0.494 e. The van der Waals surface area contributed by atoms with Crippen LogP contribution in [-0.2, 0) is 0 Å². The summed E-state index contributed by atoms with van der Waals surface area (Å²) < 4.78 is 38.3. The molecule has 0 N–H and O–H groups in total. The molecule has 6 nitrogen and oxygen atoms in total. The van der Waals surface area contributed by atoms with Gasteiger partial charge in [-0.05, 0) is 117 Å². The maximum Gasteiger partial charge on any atom is 0.204 e. The molecule has 0 spiro atoms. The maximum absolute atomic E-state index is 6.75. The van der Waals surface area contributed by atoms with Gasteiger partial charge in [0, 0.05) is 10.9 Å². The summed E-state index contributed by atoms with van der Waals surface area (Å²) >= 11 is 3.50. The fourth-order valence-electron chi connectivity index (χ4n) is 10.5. The van der Waals surface area contributed by atoms with Crippen LogP contribution in [0, 0.1) is 11.8 Å². The van der Waals surface area contributed by atoms with E-state index in [1.54, 1.807) is 0 Å². The van der Waals surface area contributed by atoms with Crippen LogP contribution in [0.3, 0.4) is 0 Å². The van der Waals surface area contributed by atoms with Gasteiger partial charge in [-0.15, -0.1) is 0 Å². The summed E-state index contributed by atoms with van der Waals surface area (Å²) in [6.45, 7) is 11.1. The minimum absolute atomic E-state index is 0.643. The summed E-state index contributed by atoms with van der Waals surface area (Å²) in [7, 11) is 0. The van der Waals surface area contributed by atoms with Crippen LogP contribution < -0.4 is 28.4 Å². The average Bonchev–Trinajstić information content (AvgIpc) is 3.70. The Kier molecular flexibility index (Phi) is 42.9. The molecule has 0 amide bonds. The van der Waals surface area contributed by atoms with Gasteiger partial charge in [-0.2, -0.15) is 0 Å². The first-order valence-corrected chi connectivity index (χ1v) is 35.1. The van der Waals surface area contributed by atoms with E-state index < -0.39 is 0 Å². The van der Waals surface area contributed by atoms with Crippen molar-refractivity contribution in [1.82, 2.24) is 0 Å². The Labute approximate surface area is 511 Å². The van der Waals surface area contributed by atoms with Crippen molar-refractivity contribution in [1.29, 1.82) is 0 Å². The molecule has 82 heavy (non-hydrogen) atoms. The molecular formula is C75H115BrO6. The molecule has 4 aromatic carbocycles. The molecule has 0 fully saturated rings. The zero-order valence-electron chi connectivity index (χ0n) is 52.4. The molecule has 0 aliphatic heterocycles. The van der Waals surface area contributed by atoms with Crippen molar-refractivity contribution in [3.63, 3.8) is 0 Å². The van der Waals surface area contributed by atoms with E-state index in [9.17, 15) is 0 Å². The first-order valence-electron chi connectivity index (χ1n) is 34.0. The zero-order chi connectivity index (χ0) is 57.9. The molecular weight excluding hydrogens is 1080 g/mol. The van der Waals surface area contributed by atoms with Crippen molar-refractivity contribution >= 4 is 15.9 Å². The van der Waals surface area contributed by atoms with Crippen molar-refractivity contribution in [2.75, 3.05) is 45.0 Å². The molecule has 0 saturated carbocycles. The average molecular weight is 1190 g/mol. The SMILES string of the molecule is CCCCCCCCCCCCOc1ccc(C#Cc2ccc(OCCCCCCCOc3ccc(-c4ccc(OCCCCCCBr)cc4)cc3)cc2)c(OCCCCCCCCCCCC)c1OCCCCCCCCCCCC. The van der Waals surface area contributed by atoms with Crippen LogP contribution in [0.15, 0.2) is 84.9 Å². The highest BCUT2D eigenvalue weighted by Crippen LogP contribution is 2.41. The van der Waals surface area contributed by atoms with Gasteiger partial charge in [0.1, 0.15) is 17.2 Å². The predicted octanol–water partition coefficient (Wildman–Crippen LogP) is 23.4. The molecule has 0 radical (unpaired) electrons. The molecule has 4 aromatic rings. The number of alkyl halides is 1. The second kappa shape index (κ2) is 50.1. The Bertz CT molecular complexity index is 2140. The molecule has 0 aliphatic rings. The molecule has 7 heteroatoms. The van der Waals surface area contributed by atoms with Crippen LogP contribution in [0.5, 0.6) is 34.5 Å². The largest absolute Gasteiger partial charge is 0.494 e. The predicted molar refractivity (Wildman–Crippen MR) is 355 cm³/mol. The van der Waals surface area contributed by atoms with Crippen LogP contribution in [0.1, 0.15) is 282 Å². The third kappa shape index (κ3) is 34.5. The second-order valence-electron chi connectivity index (χ2n) is 23.1. The van der Waals surface area contributed by atoms with E-state index in [2.05, 4.69) is 121 Å². The van der Waals surface area contributed by atoms with E-state index in [-0.39, 0.29) is 0 Å². The molecule has 0 saturated heterocycles. The lowest BCUT2D eigenvalue weighted by Crippen LogP contribution is -2.07. The molecule has 0 bridgehead atoms. The maximum atomic E-state index is 6.75. The number of hydrogen-bond donors (Lipinski definition) is 0. The fourth-order valence-corrected chi connectivity index (χ4v) is 10.8. The van der Waals surface area contributed by atoms with Gasteiger partial charge in [-0.1, -0.05) is 278 Å². The first kappa shape index (κ1) is 70.2. The molecule has 0 atom stereocenters. The Balaban J connectivity index is 1.25. The van der Waals surface area contributed by atoms with Gasteiger partial charge in [-0.25, -0.2) is 0 Å². The van der Waals surface area contributed by atoms with E-state index in [0.29, 0.717) is 26.4 Å². The Morgan fingerprint density at radius 1 is 0.268 bits per heavy atom. The molecule has 0 unspecified atom stereocenters. The van der Waals surface area contributed by atoms with E-state index >= 15 is 0 Å². The number of hydrogen-bond acceptors (Lipinski definition) is 6. The van der Waals surface area contributed by atoms with Crippen LogP contribution in [0.2, 0.25) is 0 Å². The van der Waals surface area contributed by atoms with E-state index in [1.807, 2.05) is 12.1 Å². The lowest BCUT2D eigenvalue weighted by molar-refractivity contribution is 0.234. The van der Waals surface area contributed by atoms with Gasteiger partial charge < -0.3 is 28.4 Å². The fraction of sp³-hybridized carbons (Fsp3) is 0.653. The summed E-state index contributed by atoms with van der Waals surface area (Å²) in [4.78, 5) is 0. The molecule has 0 aromatic heterocycles. The third-order valence-electron chi connectivity index (χ3n) is 15.7. The third-order valence-corrected chi connectivity index (χ3v) is 16.2. The van der Waals surface area contributed by atoms with Crippen LogP contribution in [0.25, 0.3) is 11.1 Å². The zero-order valence-corrected chi connectivity index (χ0v) is 54.0. The van der Waals surface area contributed by atoms with Crippen LogP contribution >= 0.6 is 15.9 Å². The quantitative estimate of drug-likeness (QED) is 0.0249. The highest BCUT2D eigenvalue weighted by Gasteiger charge is 2.18. The van der Waals surface area contributed by atoms with Crippen molar-refractivity contribution in [2.24, 2.45) is 0 Å². The summed E-state index contributed by atoms with van der Waals surface area (Å²) in [6.07, 6.45) is 49.1. The highest BCUT2D eigenvalue weighted by molar-refractivity contribution is 9.09. The lowest BCUT2D eigenvalue weighted by Gasteiger charge is -2.19. The Morgan fingerprint density at radius 3 is 0.915 bits per heavy atom. The van der Waals surface area contributed by atoms with E-state index in [0.717, 1.165) is 116 Å². The second-order valence-corrected chi connectivity index (χ2v) is 23.9. The summed E-state index contributed by atoms with van der Waals surface area (Å²) in [5.41, 5.74) is 4.16. The normalized spacial score (nSPS) is 11.1. The van der Waals surface area contributed by atoms with Gasteiger partial charge in [-0.3, -0.25) is 0 Å². The number of benzene rings is 4. The summed E-state index contributed by atoms with van der Waals surface area (Å²) in [6, 6.07) is 29.2. The summed E-state index contributed by atoms with van der Waals surface area (Å²) in [5, 5.41) is 1.08. The van der Waals surface area contributed by atoms with E-state index in [1.165, 1.54) is 210 Å². The molecule has 0 heterocycles. The van der Waals surface area contributed by atoms with Crippen molar-refractivity contribution in [3.05, 3.63) is 96.1 Å². The highest BCUT2D eigenvalue weighted by atomic mass is 79.9. The number of halogens is 1. The van der Waals surface area contributed by atoms with Gasteiger partial charge in [0.25, 0.3) is 0 Å². The van der Waals surface area contributed by atoms with Crippen LogP contribution in [-0.4, -0.2) is 45.0 Å². The van der Waals surface area contributed by atoms with Crippen molar-refractivity contribution in [2.45, 2.75) is 271 Å². The first-order chi connectivity index (χ1) is 40.6. The summed E-state index contributed by atoms with van der Waals surface area (Å²) in [5.74, 6) is 11.9. The van der Waals surface area contributed by atoms with Crippen molar-refractivity contribution in [3.8, 4) is 57.5 Å². The molecule has 4 rings (SSSR count). The Hall–Kier alpha value is -4.28. The monoisotopic (exact) mass is 1190 g/mol.